The Morgan fingerprint density at radius 2 is 1.95 bits per heavy atom. The van der Waals surface area contributed by atoms with Crippen LogP contribution in [0.4, 0.5) is 0 Å². The highest BCUT2D eigenvalue weighted by Gasteiger charge is 2.16. The zero-order chi connectivity index (χ0) is 13.8. The third-order valence-corrected chi connectivity index (χ3v) is 2.87. The van der Waals surface area contributed by atoms with Crippen molar-refractivity contribution in [1.29, 1.82) is 0 Å². The van der Waals surface area contributed by atoms with Crippen LogP contribution in [-0.2, 0) is 13.0 Å². The van der Waals surface area contributed by atoms with Gasteiger partial charge >= 0.3 is 0 Å². The normalized spacial score (nSPS) is 10.5. The standard InChI is InChI=1S/C13H17N3O3/c1-4-8-5-11(18-3)9(6-10(8)17-2)13-15-12(7-14)19-16-13/h5-6H,4,7,14H2,1-3H3. The van der Waals surface area contributed by atoms with Crippen molar-refractivity contribution < 1.29 is 14.0 Å². The summed E-state index contributed by atoms with van der Waals surface area (Å²) in [6.45, 7) is 2.26. The fourth-order valence-corrected chi connectivity index (χ4v) is 1.86. The highest BCUT2D eigenvalue weighted by atomic mass is 16.5. The van der Waals surface area contributed by atoms with Gasteiger partial charge in [0.05, 0.1) is 26.3 Å². The first-order chi connectivity index (χ1) is 9.23. The molecule has 2 N–H and O–H groups in total. The van der Waals surface area contributed by atoms with Crippen LogP contribution in [0.25, 0.3) is 11.4 Å². The summed E-state index contributed by atoms with van der Waals surface area (Å²) in [4.78, 5) is 4.20. The van der Waals surface area contributed by atoms with Crippen LogP contribution in [0.1, 0.15) is 18.4 Å². The van der Waals surface area contributed by atoms with Crippen molar-refractivity contribution in [2.24, 2.45) is 5.73 Å². The molecule has 6 heteroatoms. The van der Waals surface area contributed by atoms with Gasteiger partial charge in [0.15, 0.2) is 0 Å². The second-order valence-electron chi connectivity index (χ2n) is 3.93. The van der Waals surface area contributed by atoms with Crippen LogP contribution in [-0.4, -0.2) is 24.4 Å². The van der Waals surface area contributed by atoms with E-state index in [1.807, 2.05) is 12.1 Å². The number of methoxy groups -OCH3 is 2. The minimum atomic E-state index is 0.208. The van der Waals surface area contributed by atoms with Crippen LogP contribution in [0.3, 0.4) is 0 Å². The SMILES string of the molecule is CCc1cc(OC)c(-c2noc(CN)n2)cc1OC. The molecule has 0 spiro atoms. The summed E-state index contributed by atoms with van der Waals surface area (Å²) in [5.74, 6) is 2.29. The van der Waals surface area contributed by atoms with E-state index in [-0.39, 0.29) is 6.54 Å². The van der Waals surface area contributed by atoms with Crippen molar-refractivity contribution in [2.75, 3.05) is 14.2 Å². The van der Waals surface area contributed by atoms with Gasteiger partial charge in [-0.15, -0.1) is 0 Å². The molecule has 1 heterocycles. The van der Waals surface area contributed by atoms with Gasteiger partial charge in [0.2, 0.25) is 11.7 Å². The molecule has 0 radical (unpaired) electrons. The average Bonchev–Trinajstić information content (AvgIpc) is 2.94. The Balaban J connectivity index is 2.54. The number of nitrogens with two attached hydrogens (primary N) is 1. The number of benzene rings is 1. The number of hydrogen-bond acceptors (Lipinski definition) is 6. The lowest BCUT2D eigenvalue weighted by Gasteiger charge is -2.12. The number of aryl methyl sites for hydroxylation is 1. The minimum Gasteiger partial charge on any atom is -0.496 e. The zero-order valence-electron chi connectivity index (χ0n) is 11.3. The van der Waals surface area contributed by atoms with Gasteiger partial charge in [-0.25, -0.2) is 0 Å². The Bertz CT molecular complexity index is 566. The van der Waals surface area contributed by atoms with E-state index in [0.717, 1.165) is 23.3 Å². The lowest BCUT2D eigenvalue weighted by molar-refractivity contribution is 0.379. The maximum atomic E-state index is 5.46. The number of ether oxygens (including phenoxy) is 2. The first-order valence-electron chi connectivity index (χ1n) is 6.01. The van der Waals surface area contributed by atoms with Gasteiger partial charge in [0, 0.05) is 0 Å². The monoisotopic (exact) mass is 263 g/mol. The van der Waals surface area contributed by atoms with Crippen molar-refractivity contribution in [2.45, 2.75) is 19.9 Å². The molecule has 0 bridgehead atoms. The smallest absolute Gasteiger partial charge is 0.240 e. The van der Waals surface area contributed by atoms with E-state index in [4.69, 9.17) is 19.7 Å². The molecule has 0 fully saturated rings. The van der Waals surface area contributed by atoms with Gasteiger partial charge in [-0.05, 0) is 24.1 Å². The van der Waals surface area contributed by atoms with Crippen LogP contribution < -0.4 is 15.2 Å². The third kappa shape index (κ3) is 2.53. The van der Waals surface area contributed by atoms with Crippen LogP contribution in [0, 0.1) is 0 Å². The summed E-state index contributed by atoms with van der Waals surface area (Å²) in [7, 11) is 3.24. The molecule has 102 valence electrons. The summed E-state index contributed by atoms with van der Waals surface area (Å²) in [6.07, 6.45) is 0.847. The molecule has 0 aliphatic carbocycles. The Kier molecular flexibility index (Phi) is 4.01. The maximum Gasteiger partial charge on any atom is 0.240 e. The second-order valence-corrected chi connectivity index (χ2v) is 3.93. The Morgan fingerprint density at radius 3 is 2.47 bits per heavy atom. The average molecular weight is 263 g/mol. The molecule has 1 aromatic heterocycles. The first-order valence-corrected chi connectivity index (χ1v) is 6.01. The van der Waals surface area contributed by atoms with E-state index in [9.17, 15) is 0 Å². The molecule has 0 atom stereocenters. The molecular weight excluding hydrogens is 246 g/mol. The van der Waals surface area contributed by atoms with Crippen LogP contribution >= 0.6 is 0 Å². The van der Waals surface area contributed by atoms with Crippen molar-refractivity contribution in [1.82, 2.24) is 10.1 Å². The Hall–Kier alpha value is -2.08. The Morgan fingerprint density at radius 1 is 1.21 bits per heavy atom. The summed E-state index contributed by atoms with van der Waals surface area (Å²) >= 11 is 0. The van der Waals surface area contributed by atoms with Crippen molar-refractivity contribution in [3.63, 3.8) is 0 Å². The summed E-state index contributed by atoms with van der Waals surface area (Å²) < 4.78 is 15.8. The summed E-state index contributed by atoms with van der Waals surface area (Å²) in [5, 5.41) is 3.90. The Labute approximate surface area is 111 Å². The van der Waals surface area contributed by atoms with Crippen molar-refractivity contribution >= 4 is 0 Å². The fraction of sp³-hybridized carbons (Fsp3) is 0.385. The largest absolute Gasteiger partial charge is 0.496 e. The molecule has 0 aliphatic heterocycles. The molecule has 6 nitrogen and oxygen atoms in total. The van der Waals surface area contributed by atoms with E-state index in [2.05, 4.69) is 17.1 Å². The van der Waals surface area contributed by atoms with E-state index >= 15 is 0 Å². The van der Waals surface area contributed by atoms with Crippen LogP contribution in [0.2, 0.25) is 0 Å². The molecule has 0 amide bonds. The van der Waals surface area contributed by atoms with Gasteiger partial charge in [-0.3, -0.25) is 0 Å². The van der Waals surface area contributed by atoms with Gasteiger partial charge in [0.25, 0.3) is 0 Å². The molecule has 0 saturated carbocycles. The van der Waals surface area contributed by atoms with Gasteiger partial charge in [0.1, 0.15) is 11.5 Å². The number of nitrogens with zero attached hydrogens (tertiary/aromatic N) is 2. The quantitative estimate of drug-likeness (QED) is 0.885. The number of hydrogen-bond donors (Lipinski definition) is 1. The molecule has 2 aromatic rings. The maximum absolute atomic E-state index is 5.46. The fourth-order valence-electron chi connectivity index (χ4n) is 1.86. The predicted molar refractivity (Wildman–Crippen MR) is 70.1 cm³/mol. The molecule has 2 rings (SSSR count). The lowest BCUT2D eigenvalue weighted by atomic mass is 10.1. The van der Waals surface area contributed by atoms with E-state index in [0.29, 0.717) is 17.5 Å². The molecule has 0 saturated heterocycles. The van der Waals surface area contributed by atoms with Gasteiger partial charge in [-0.1, -0.05) is 12.1 Å². The highest BCUT2D eigenvalue weighted by Crippen LogP contribution is 2.35. The van der Waals surface area contributed by atoms with Crippen molar-refractivity contribution in [3.05, 3.63) is 23.6 Å². The molecule has 0 unspecified atom stereocenters. The molecule has 0 aliphatic rings. The van der Waals surface area contributed by atoms with Gasteiger partial charge < -0.3 is 19.7 Å². The van der Waals surface area contributed by atoms with E-state index in [1.165, 1.54) is 0 Å². The number of rotatable bonds is 5. The predicted octanol–water partition coefficient (Wildman–Crippen LogP) is 1.77. The van der Waals surface area contributed by atoms with Crippen LogP contribution in [0.5, 0.6) is 11.5 Å². The summed E-state index contributed by atoms with van der Waals surface area (Å²) in [6, 6.07) is 3.77. The molecule has 1 aromatic carbocycles. The van der Waals surface area contributed by atoms with E-state index in [1.54, 1.807) is 14.2 Å². The van der Waals surface area contributed by atoms with E-state index < -0.39 is 0 Å². The van der Waals surface area contributed by atoms with Crippen LogP contribution in [0.15, 0.2) is 16.7 Å². The zero-order valence-corrected chi connectivity index (χ0v) is 11.3. The summed E-state index contributed by atoms with van der Waals surface area (Å²) in [5.41, 5.74) is 7.24. The number of aromatic nitrogens is 2. The third-order valence-electron chi connectivity index (χ3n) is 2.87. The topological polar surface area (TPSA) is 83.4 Å². The minimum absolute atomic E-state index is 0.208. The lowest BCUT2D eigenvalue weighted by Crippen LogP contribution is -1.97. The molecular formula is C13H17N3O3. The van der Waals surface area contributed by atoms with Crippen molar-refractivity contribution in [3.8, 4) is 22.9 Å². The van der Waals surface area contributed by atoms with Gasteiger partial charge in [-0.2, -0.15) is 4.98 Å². The molecule has 19 heavy (non-hydrogen) atoms. The highest BCUT2D eigenvalue weighted by molar-refractivity contribution is 5.67. The first kappa shape index (κ1) is 13.4. The second kappa shape index (κ2) is 5.71.